The van der Waals surface area contributed by atoms with E-state index in [1.54, 1.807) is 0 Å². The van der Waals surface area contributed by atoms with E-state index in [0.717, 1.165) is 29.9 Å². The smallest absolute Gasteiger partial charge is 0.0468 e. The first-order chi connectivity index (χ1) is 33.2. The zero-order valence-corrected chi connectivity index (χ0v) is 39.5. The van der Waals surface area contributed by atoms with Crippen molar-refractivity contribution in [1.82, 2.24) is 0 Å². The van der Waals surface area contributed by atoms with E-state index >= 15 is 0 Å². The van der Waals surface area contributed by atoms with Gasteiger partial charge in [-0.3, -0.25) is 0 Å². The second kappa shape index (κ2) is 15.1. The van der Waals surface area contributed by atoms with Crippen molar-refractivity contribution in [3.8, 4) is 44.5 Å². The molecular weight excluding hydrogens is 819 g/mol. The van der Waals surface area contributed by atoms with Gasteiger partial charge in [-0.1, -0.05) is 197 Å². The standard InChI is InChI=1S/C67H53N/c1-42-28-30-44(31-29-42)56-41-57(43-18-8-6-9-19-43)64-54-25-13-12-22-49(54)58-38-46(34-37-55(58)65(64)63(56)45-20-10-7-11-21-45)68(47-32-35-52-50-23-14-16-26-59(50)66(2,3)61(52)39-47)48-33-36-53-51-24-15-17-27-60(51)67(4,5)62(53)40-48/h6-8,10-18,20-41H,9,19H2,1-5H3. The van der Waals surface area contributed by atoms with Crippen molar-refractivity contribution in [1.29, 1.82) is 0 Å². The summed E-state index contributed by atoms with van der Waals surface area (Å²) in [6, 6.07) is 71.6. The lowest BCUT2D eigenvalue weighted by molar-refractivity contribution is 0.660. The van der Waals surface area contributed by atoms with Gasteiger partial charge in [0, 0.05) is 27.9 Å². The van der Waals surface area contributed by atoms with E-state index in [4.69, 9.17) is 0 Å². The molecule has 0 unspecified atom stereocenters. The normalized spacial score (nSPS) is 15.0. The average Bonchev–Trinajstić information content (AvgIpc) is 3.75. The highest BCUT2D eigenvalue weighted by atomic mass is 15.1. The highest BCUT2D eigenvalue weighted by Crippen LogP contribution is 2.55. The fourth-order valence-corrected chi connectivity index (χ4v) is 12.3. The van der Waals surface area contributed by atoms with Crippen LogP contribution in [0.2, 0.25) is 0 Å². The van der Waals surface area contributed by atoms with Crippen LogP contribution in [0, 0.1) is 6.92 Å². The maximum absolute atomic E-state index is 2.53. The molecule has 0 amide bonds. The Kier molecular flexibility index (Phi) is 9.02. The van der Waals surface area contributed by atoms with Gasteiger partial charge < -0.3 is 4.90 Å². The maximum Gasteiger partial charge on any atom is 0.0468 e. The van der Waals surface area contributed by atoms with Crippen LogP contribution in [-0.4, -0.2) is 0 Å². The second-order valence-corrected chi connectivity index (χ2v) is 20.4. The van der Waals surface area contributed by atoms with Crippen LogP contribution in [0.3, 0.4) is 0 Å². The SMILES string of the molecule is Cc1ccc(-c2cc(C3=CC=CCC3)c3c4ccccc4c4cc(N(c5ccc6c(c5)C(C)(C)c5ccccc5-6)c5ccc6c(c5)C(C)(C)c5ccccc5-6)ccc4c3c2-c2ccccc2)cc1. The molecule has 10 aromatic carbocycles. The summed E-state index contributed by atoms with van der Waals surface area (Å²) >= 11 is 0. The second-order valence-electron chi connectivity index (χ2n) is 20.4. The molecule has 13 rings (SSSR count). The number of fused-ring (bicyclic) bond motifs is 12. The van der Waals surface area contributed by atoms with Crippen molar-refractivity contribution in [2.45, 2.75) is 58.3 Å². The molecule has 326 valence electrons. The third-order valence-electron chi connectivity index (χ3n) is 15.8. The van der Waals surface area contributed by atoms with Crippen LogP contribution in [0.5, 0.6) is 0 Å². The van der Waals surface area contributed by atoms with E-state index in [1.165, 1.54) is 116 Å². The van der Waals surface area contributed by atoms with Gasteiger partial charge in [0.2, 0.25) is 0 Å². The molecule has 10 aromatic rings. The summed E-state index contributed by atoms with van der Waals surface area (Å²) in [4.78, 5) is 2.53. The molecule has 0 N–H and O–H groups in total. The molecule has 68 heavy (non-hydrogen) atoms. The van der Waals surface area contributed by atoms with Crippen molar-refractivity contribution in [3.63, 3.8) is 0 Å². The molecule has 3 aliphatic carbocycles. The van der Waals surface area contributed by atoms with Crippen molar-refractivity contribution in [2.75, 3.05) is 4.90 Å². The molecule has 0 aromatic heterocycles. The van der Waals surface area contributed by atoms with Gasteiger partial charge in [0.05, 0.1) is 0 Å². The van der Waals surface area contributed by atoms with Crippen molar-refractivity contribution >= 4 is 55.0 Å². The van der Waals surface area contributed by atoms with Crippen LogP contribution < -0.4 is 4.90 Å². The average molecular weight is 872 g/mol. The zero-order chi connectivity index (χ0) is 45.9. The molecule has 0 spiro atoms. The number of hydrogen-bond acceptors (Lipinski definition) is 1. The van der Waals surface area contributed by atoms with E-state index in [1.807, 2.05) is 0 Å². The molecule has 3 aliphatic rings. The maximum atomic E-state index is 2.53. The molecule has 0 aliphatic heterocycles. The highest BCUT2D eigenvalue weighted by Gasteiger charge is 2.38. The Morgan fingerprint density at radius 2 is 0.941 bits per heavy atom. The van der Waals surface area contributed by atoms with Gasteiger partial charge in [-0.2, -0.15) is 0 Å². The van der Waals surface area contributed by atoms with Gasteiger partial charge in [0.1, 0.15) is 0 Å². The number of anilines is 3. The van der Waals surface area contributed by atoms with Gasteiger partial charge in [0.25, 0.3) is 0 Å². The van der Waals surface area contributed by atoms with Crippen LogP contribution in [0.4, 0.5) is 17.1 Å². The number of hydrogen-bond donors (Lipinski definition) is 0. The molecule has 1 nitrogen and oxygen atoms in total. The van der Waals surface area contributed by atoms with E-state index in [0.29, 0.717) is 0 Å². The van der Waals surface area contributed by atoms with Crippen LogP contribution in [0.15, 0.2) is 206 Å². The van der Waals surface area contributed by atoms with E-state index in [9.17, 15) is 0 Å². The molecule has 0 saturated carbocycles. The molecule has 0 atom stereocenters. The lowest BCUT2D eigenvalue weighted by Crippen LogP contribution is -2.18. The molecular formula is C67H53N. The monoisotopic (exact) mass is 871 g/mol. The summed E-state index contributed by atoms with van der Waals surface area (Å²) in [6.45, 7) is 11.7. The Balaban J connectivity index is 1.12. The number of allylic oxidation sites excluding steroid dienone is 4. The predicted molar refractivity (Wildman–Crippen MR) is 291 cm³/mol. The fourth-order valence-electron chi connectivity index (χ4n) is 12.3. The van der Waals surface area contributed by atoms with Crippen molar-refractivity contribution in [3.05, 3.63) is 240 Å². The molecule has 0 heterocycles. The summed E-state index contributed by atoms with van der Waals surface area (Å²) in [5.41, 5.74) is 23.0. The van der Waals surface area contributed by atoms with Gasteiger partial charge in [-0.05, 0) is 172 Å². The molecule has 0 saturated heterocycles. The summed E-state index contributed by atoms with van der Waals surface area (Å²) in [5.74, 6) is 0. The zero-order valence-electron chi connectivity index (χ0n) is 39.5. The van der Waals surface area contributed by atoms with E-state index in [2.05, 4.69) is 246 Å². The number of rotatable bonds is 6. The summed E-state index contributed by atoms with van der Waals surface area (Å²) in [7, 11) is 0. The molecule has 1 heteroatoms. The minimum Gasteiger partial charge on any atom is -0.310 e. The van der Waals surface area contributed by atoms with Gasteiger partial charge in [-0.15, -0.1) is 0 Å². The first-order valence-electron chi connectivity index (χ1n) is 24.4. The van der Waals surface area contributed by atoms with Crippen molar-refractivity contribution in [2.24, 2.45) is 0 Å². The first kappa shape index (κ1) is 40.5. The lowest BCUT2D eigenvalue weighted by Gasteiger charge is -2.30. The fraction of sp³-hybridized carbons (Fsp3) is 0.134. The first-order valence-corrected chi connectivity index (χ1v) is 24.4. The highest BCUT2D eigenvalue weighted by molar-refractivity contribution is 6.32. The Morgan fingerprint density at radius 3 is 1.57 bits per heavy atom. The number of nitrogens with zero attached hydrogens (tertiary/aromatic N) is 1. The minimum absolute atomic E-state index is 0.141. The molecule has 0 bridgehead atoms. The minimum atomic E-state index is -0.141. The molecule has 0 fully saturated rings. The number of aryl methyl sites for hydroxylation is 1. The Bertz CT molecular complexity index is 3680. The Morgan fingerprint density at radius 1 is 0.397 bits per heavy atom. The number of benzene rings is 10. The van der Waals surface area contributed by atoms with E-state index in [-0.39, 0.29) is 10.8 Å². The third kappa shape index (κ3) is 6.01. The largest absolute Gasteiger partial charge is 0.310 e. The van der Waals surface area contributed by atoms with Crippen LogP contribution >= 0.6 is 0 Å². The topological polar surface area (TPSA) is 3.24 Å². The predicted octanol–water partition coefficient (Wildman–Crippen LogP) is 18.6. The van der Waals surface area contributed by atoms with Gasteiger partial charge in [0.15, 0.2) is 0 Å². The Labute approximate surface area is 400 Å². The summed E-state index contributed by atoms with van der Waals surface area (Å²) in [6.07, 6.45) is 8.95. The van der Waals surface area contributed by atoms with Crippen LogP contribution in [0.1, 0.15) is 73.9 Å². The Hall–Kier alpha value is -7.74. The van der Waals surface area contributed by atoms with Gasteiger partial charge in [-0.25, -0.2) is 0 Å². The quantitative estimate of drug-likeness (QED) is 0.151. The third-order valence-corrected chi connectivity index (χ3v) is 15.8. The van der Waals surface area contributed by atoms with Crippen LogP contribution in [0.25, 0.3) is 82.4 Å². The van der Waals surface area contributed by atoms with Gasteiger partial charge >= 0.3 is 0 Å². The van der Waals surface area contributed by atoms with Crippen molar-refractivity contribution < 1.29 is 0 Å². The van der Waals surface area contributed by atoms with Crippen LogP contribution in [-0.2, 0) is 10.8 Å². The molecule has 0 radical (unpaired) electrons. The van der Waals surface area contributed by atoms with E-state index < -0.39 is 0 Å². The lowest BCUT2D eigenvalue weighted by atomic mass is 9.80. The summed E-state index contributed by atoms with van der Waals surface area (Å²) in [5, 5.41) is 7.70. The summed E-state index contributed by atoms with van der Waals surface area (Å²) < 4.78 is 0.